The standard InChI is InChI=1S/C16H18ClN3OS2/c1-9-14(10-4-6-20(9)7-5-10)19-15(21)11-2-3-12(22-11)16-18-8-13(17)23-16/h2-3,8-10,14H,4-7H2,1H3,(H,19,21)/t9-,14-/m0/s1. The highest BCUT2D eigenvalue weighted by Gasteiger charge is 2.40. The van der Waals surface area contributed by atoms with Crippen LogP contribution in [-0.2, 0) is 0 Å². The van der Waals surface area contributed by atoms with Gasteiger partial charge in [0.1, 0.15) is 9.34 Å². The zero-order valence-electron chi connectivity index (χ0n) is 12.8. The number of piperidine rings is 3. The van der Waals surface area contributed by atoms with Gasteiger partial charge in [-0.25, -0.2) is 4.98 Å². The lowest BCUT2D eigenvalue weighted by Crippen LogP contribution is -2.62. The van der Waals surface area contributed by atoms with Crippen LogP contribution < -0.4 is 5.32 Å². The van der Waals surface area contributed by atoms with E-state index in [0.717, 1.165) is 14.8 Å². The molecule has 3 aliphatic heterocycles. The molecule has 0 radical (unpaired) electrons. The molecule has 0 aliphatic carbocycles. The Labute approximate surface area is 148 Å². The van der Waals surface area contributed by atoms with Crippen molar-refractivity contribution >= 4 is 40.2 Å². The molecular weight excluding hydrogens is 350 g/mol. The van der Waals surface area contributed by atoms with Crippen LogP contribution in [0.3, 0.4) is 0 Å². The molecule has 5 rings (SSSR count). The number of thiazole rings is 1. The van der Waals surface area contributed by atoms with Gasteiger partial charge in [0.2, 0.25) is 0 Å². The number of amides is 1. The largest absolute Gasteiger partial charge is 0.347 e. The van der Waals surface area contributed by atoms with E-state index in [-0.39, 0.29) is 11.9 Å². The third-order valence-corrected chi connectivity index (χ3v) is 7.36. The molecule has 3 fully saturated rings. The Morgan fingerprint density at radius 2 is 2.13 bits per heavy atom. The fourth-order valence-corrected chi connectivity index (χ4v) is 5.59. The average molecular weight is 368 g/mol. The Hall–Kier alpha value is -0.950. The average Bonchev–Trinajstić information content (AvgIpc) is 3.20. The molecule has 2 aromatic heterocycles. The molecule has 0 aromatic carbocycles. The van der Waals surface area contributed by atoms with E-state index in [4.69, 9.17) is 11.6 Å². The molecule has 5 heterocycles. The molecule has 1 amide bonds. The third kappa shape index (κ3) is 2.93. The fourth-order valence-electron chi connectivity index (χ4n) is 3.71. The Balaban J connectivity index is 1.48. The van der Waals surface area contributed by atoms with Crippen LogP contribution in [0.2, 0.25) is 4.34 Å². The van der Waals surface area contributed by atoms with Crippen molar-refractivity contribution in [2.24, 2.45) is 5.92 Å². The quantitative estimate of drug-likeness (QED) is 0.898. The normalized spacial score (nSPS) is 29.7. The van der Waals surface area contributed by atoms with Crippen LogP contribution in [0.1, 0.15) is 29.4 Å². The van der Waals surface area contributed by atoms with E-state index in [2.05, 4.69) is 22.1 Å². The van der Waals surface area contributed by atoms with Crippen LogP contribution in [-0.4, -0.2) is 41.0 Å². The molecule has 2 atom stereocenters. The van der Waals surface area contributed by atoms with Gasteiger partial charge in [-0.3, -0.25) is 9.69 Å². The van der Waals surface area contributed by atoms with Crippen molar-refractivity contribution in [2.45, 2.75) is 31.8 Å². The lowest BCUT2D eigenvalue weighted by molar-refractivity contribution is 0.0218. The molecule has 0 unspecified atom stereocenters. The fraction of sp³-hybridized carbons (Fsp3) is 0.500. The number of halogens is 1. The molecule has 0 spiro atoms. The van der Waals surface area contributed by atoms with Crippen molar-refractivity contribution in [1.29, 1.82) is 0 Å². The van der Waals surface area contributed by atoms with Gasteiger partial charge >= 0.3 is 0 Å². The SMILES string of the molecule is C[C@H]1[C@H](NC(=O)c2ccc(-c3ncc(Cl)s3)s2)C2CCN1CC2. The number of nitrogens with one attached hydrogen (secondary N) is 1. The summed E-state index contributed by atoms with van der Waals surface area (Å²) in [5.74, 6) is 0.658. The summed E-state index contributed by atoms with van der Waals surface area (Å²) >= 11 is 8.86. The number of aromatic nitrogens is 1. The lowest BCUT2D eigenvalue weighted by Gasteiger charge is -2.49. The molecular formula is C16H18ClN3OS2. The summed E-state index contributed by atoms with van der Waals surface area (Å²) in [6.07, 6.45) is 4.04. The summed E-state index contributed by atoms with van der Waals surface area (Å²) in [6, 6.07) is 4.54. The maximum Gasteiger partial charge on any atom is 0.261 e. The maximum atomic E-state index is 12.6. The first-order valence-corrected chi connectivity index (χ1v) is 9.89. The molecule has 23 heavy (non-hydrogen) atoms. The van der Waals surface area contributed by atoms with E-state index in [0.29, 0.717) is 16.3 Å². The number of hydrogen-bond donors (Lipinski definition) is 1. The Morgan fingerprint density at radius 3 is 2.78 bits per heavy atom. The number of nitrogens with zero attached hydrogens (tertiary/aromatic N) is 2. The van der Waals surface area contributed by atoms with E-state index in [1.54, 1.807) is 6.20 Å². The minimum atomic E-state index is 0.0366. The van der Waals surface area contributed by atoms with Crippen LogP contribution in [0.4, 0.5) is 0 Å². The predicted octanol–water partition coefficient (Wildman–Crippen LogP) is 3.74. The Bertz CT molecular complexity index is 718. The van der Waals surface area contributed by atoms with Crippen LogP contribution in [0.5, 0.6) is 0 Å². The molecule has 2 bridgehead atoms. The van der Waals surface area contributed by atoms with Crippen LogP contribution in [0.25, 0.3) is 9.88 Å². The van der Waals surface area contributed by atoms with Gasteiger partial charge in [-0.15, -0.1) is 22.7 Å². The van der Waals surface area contributed by atoms with Gasteiger partial charge in [-0.2, -0.15) is 0 Å². The van der Waals surface area contributed by atoms with E-state index in [1.807, 2.05) is 12.1 Å². The molecule has 2 aromatic rings. The number of rotatable bonds is 3. The van der Waals surface area contributed by atoms with E-state index in [1.165, 1.54) is 48.6 Å². The van der Waals surface area contributed by atoms with Gasteiger partial charge in [0.15, 0.2) is 0 Å². The van der Waals surface area contributed by atoms with Crippen molar-refractivity contribution < 1.29 is 4.79 Å². The van der Waals surface area contributed by atoms with Crippen LogP contribution in [0, 0.1) is 5.92 Å². The summed E-state index contributed by atoms with van der Waals surface area (Å²) in [4.78, 5) is 21.1. The van der Waals surface area contributed by atoms with Crippen LogP contribution >= 0.6 is 34.3 Å². The summed E-state index contributed by atoms with van der Waals surface area (Å²) in [5, 5.41) is 4.14. The molecule has 4 nitrogen and oxygen atoms in total. The van der Waals surface area contributed by atoms with Crippen molar-refractivity contribution in [3.63, 3.8) is 0 Å². The summed E-state index contributed by atoms with van der Waals surface area (Å²) < 4.78 is 0.667. The molecule has 7 heteroatoms. The smallest absolute Gasteiger partial charge is 0.261 e. The topological polar surface area (TPSA) is 45.2 Å². The van der Waals surface area contributed by atoms with Crippen molar-refractivity contribution in [3.8, 4) is 9.88 Å². The maximum absolute atomic E-state index is 12.6. The number of carbonyl (C=O) groups excluding carboxylic acids is 1. The number of hydrogen-bond acceptors (Lipinski definition) is 5. The highest BCUT2D eigenvalue weighted by molar-refractivity contribution is 7.24. The van der Waals surface area contributed by atoms with Crippen molar-refractivity contribution in [2.75, 3.05) is 13.1 Å². The first-order valence-electron chi connectivity index (χ1n) is 7.88. The van der Waals surface area contributed by atoms with E-state index >= 15 is 0 Å². The number of thiophene rings is 1. The number of fused-ring (bicyclic) bond motifs is 3. The molecule has 122 valence electrons. The highest BCUT2D eigenvalue weighted by atomic mass is 35.5. The van der Waals surface area contributed by atoms with Gasteiger partial charge in [-0.05, 0) is 50.9 Å². The first-order chi connectivity index (χ1) is 11.1. The monoisotopic (exact) mass is 367 g/mol. The molecule has 3 saturated heterocycles. The lowest BCUT2D eigenvalue weighted by atomic mass is 9.79. The summed E-state index contributed by atoms with van der Waals surface area (Å²) in [7, 11) is 0. The summed E-state index contributed by atoms with van der Waals surface area (Å²) in [5.41, 5.74) is 0. The second kappa shape index (κ2) is 6.16. The van der Waals surface area contributed by atoms with E-state index in [9.17, 15) is 4.79 Å². The Morgan fingerprint density at radius 1 is 1.35 bits per heavy atom. The van der Waals surface area contributed by atoms with Gasteiger partial charge < -0.3 is 5.32 Å². The molecule has 1 N–H and O–H groups in total. The van der Waals surface area contributed by atoms with E-state index < -0.39 is 0 Å². The van der Waals surface area contributed by atoms with Gasteiger partial charge in [0.25, 0.3) is 5.91 Å². The van der Waals surface area contributed by atoms with Gasteiger partial charge in [0, 0.05) is 12.1 Å². The minimum absolute atomic E-state index is 0.0366. The van der Waals surface area contributed by atoms with Crippen molar-refractivity contribution in [3.05, 3.63) is 27.5 Å². The minimum Gasteiger partial charge on any atom is -0.347 e. The van der Waals surface area contributed by atoms with Gasteiger partial charge in [0.05, 0.1) is 16.0 Å². The first kappa shape index (κ1) is 15.6. The van der Waals surface area contributed by atoms with Crippen LogP contribution in [0.15, 0.2) is 18.3 Å². The molecule has 3 aliphatic rings. The predicted molar refractivity (Wildman–Crippen MR) is 95.5 cm³/mol. The zero-order chi connectivity index (χ0) is 16.0. The molecule has 0 saturated carbocycles. The number of carbonyl (C=O) groups is 1. The second-order valence-electron chi connectivity index (χ2n) is 6.25. The summed E-state index contributed by atoms with van der Waals surface area (Å²) in [6.45, 7) is 4.58. The second-order valence-corrected chi connectivity index (χ2v) is 8.99. The third-order valence-electron chi connectivity index (χ3n) is 4.99. The van der Waals surface area contributed by atoms with Crippen molar-refractivity contribution in [1.82, 2.24) is 15.2 Å². The zero-order valence-corrected chi connectivity index (χ0v) is 15.2. The Kier molecular flexibility index (Phi) is 4.17. The van der Waals surface area contributed by atoms with Gasteiger partial charge in [-0.1, -0.05) is 11.6 Å². The highest BCUT2D eigenvalue weighted by Crippen LogP contribution is 2.35.